The van der Waals surface area contributed by atoms with E-state index < -0.39 is 17.1 Å². The predicted molar refractivity (Wildman–Crippen MR) is 133 cm³/mol. The molecular weight excluding hydrogens is 420 g/mol. The van der Waals surface area contributed by atoms with Crippen LogP contribution in [0.5, 0.6) is 0 Å². The summed E-state index contributed by atoms with van der Waals surface area (Å²) in [6.45, 7) is 7.37. The fourth-order valence-electron chi connectivity index (χ4n) is 3.32. The van der Waals surface area contributed by atoms with Crippen LogP contribution in [0.3, 0.4) is 0 Å². The number of hydrogen-bond acceptors (Lipinski definition) is 4. The molecule has 6 heteroatoms. The fraction of sp³-hybridized carbons (Fsp3) is 0.280. The molecule has 0 aliphatic rings. The van der Waals surface area contributed by atoms with Crippen LogP contribution in [0, 0.1) is 0 Å². The highest BCUT2D eigenvalue weighted by atomic mass is 28.4. The van der Waals surface area contributed by atoms with E-state index in [2.05, 4.69) is 24.3 Å². The van der Waals surface area contributed by atoms with E-state index in [0.29, 0.717) is 13.2 Å². The first-order valence-electron chi connectivity index (χ1n) is 10.6. The molecule has 31 heavy (non-hydrogen) atoms. The third kappa shape index (κ3) is 6.46. The molecule has 0 radical (unpaired) electrons. The Bertz CT molecular complexity index is 809. The Morgan fingerprint density at radius 1 is 0.548 bits per heavy atom. The monoisotopic (exact) mass is 454 g/mol. The molecule has 3 rings (SSSR count). The van der Waals surface area contributed by atoms with Crippen LogP contribution in [0.25, 0.3) is 0 Å². The number of hydrogen-bond donors (Lipinski definition) is 0. The minimum atomic E-state index is -2.55. The molecular formula is C25H34O4Si2. The quantitative estimate of drug-likeness (QED) is 0.463. The topological polar surface area (TPSA) is 36.9 Å². The second kappa shape index (κ2) is 12.7. The molecule has 0 atom stereocenters. The minimum absolute atomic E-state index is 0.649. The van der Waals surface area contributed by atoms with Crippen molar-refractivity contribution in [3.8, 4) is 0 Å². The maximum atomic E-state index is 6.16. The first kappa shape index (κ1) is 25.2. The summed E-state index contributed by atoms with van der Waals surface area (Å²) in [6.07, 6.45) is 0. The van der Waals surface area contributed by atoms with E-state index in [1.807, 2.05) is 87.1 Å². The Kier molecular flexibility index (Phi) is 10.3. The van der Waals surface area contributed by atoms with Gasteiger partial charge in [0, 0.05) is 27.4 Å². The highest BCUT2D eigenvalue weighted by Crippen LogP contribution is 2.10. The molecule has 0 amide bonds. The van der Waals surface area contributed by atoms with Gasteiger partial charge in [0.05, 0.1) is 0 Å². The first-order chi connectivity index (χ1) is 15.1. The maximum Gasteiger partial charge on any atom is 0.407 e. The Hall–Kier alpha value is -2.07. The molecule has 0 unspecified atom stereocenters. The Balaban J connectivity index is 0.000000245. The number of rotatable bonds is 9. The largest absolute Gasteiger partial charge is 0.407 e. The maximum absolute atomic E-state index is 6.16. The second-order valence-corrected chi connectivity index (χ2v) is 13.2. The van der Waals surface area contributed by atoms with E-state index in [0.717, 1.165) is 15.6 Å². The van der Waals surface area contributed by atoms with Crippen LogP contribution in [0.1, 0.15) is 13.8 Å². The van der Waals surface area contributed by atoms with Crippen LogP contribution in [-0.4, -0.2) is 44.6 Å². The lowest BCUT2D eigenvalue weighted by molar-refractivity contribution is 0.208. The lowest BCUT2D eigenvalue weighted by atomic mass is 10.4. The molecule has 0 spiro atoms. The van der Waals surface area contributed by atoms with Gasteiger partial charge < -0.3 is 17.7 Å². The third-order valence-electron chi connectivity index (χ3n) is 5.08. The summed E-state index contributed by atoms with van der Waals surface area (Å²) in [5.41, 5.74) is 0. The van der Waals surface area contributed by atoms with Crippen LogP contribution in [0.15, 0.2) is 91.0 Å². The van der Waals surface area contributed by atoms with Crippen molar-refractivity contribution in [1.82, 2.24) is 0 Å². The summed E-state index contributed by atoms with van der Waals surface area (Å²) in [6, 6.07) is 30.7. The van der Waals surface area contributed by atoms with Gasteiger partial charge in [-0.05, 0) is 36.0 Å². The van der Waals surface area contributed by atoms with Gasteiger partial charge in [0.1, 0.15) is 0 Å². The van der Waals surface area contributed by atoms with E-state index >= 15 is 0 Å². The molecule has 0 aliphatic carbocycles. The molecule has 0 aliphatic heterocycles. The van der Waals surface area contributed by atoms with Crippen LogP contribution < -0.4 is 15.6 Å². The van der Waals surface area contributed by atoms with E-state index in [1.54, 1.807) is 14.2 Å². The van der Waals surface area contributed by atoms with E-state index in [1.165, 1.54) is 0 Å². The lowest BCUT2D eigenvalue weighted by Crippen LogP contribution is -2.63. The molecule has 0 aromatic heterocycles. The van der Waals surface area contributed by atoms with Crippen molar-refractivity contribution < 1.29 is 17.7 Å². The summed E-state index contributed by atoms with van der Waals surface area (Å²) in [4.78, 5) is 0. The summed E-state index contributed by atoms with van der Waals surface area (Å²) >= 11 is 0. The summed E-state index contributed by atoms with van der Waals surface area (Å²) in [5.74, 6) is 0. The van der Waals surface area contributed by atoms with Gasteiger partial charge in [-0.3, -0.25) is 0 Å². The van der Waals surface area contributed by atoms with E-state index in [4.69, 9.17) is 17.7 Å². The SMILES string of the molecule is CCO[Si](OCC)(c1ccccc1)c1ccccc1.CO[Si](C)(OC)c1ccccc1. The van der Waals surface area contributed by atoms with Gasteiger partial charge in [-0.1, -0.05) is 91.0 Å². The molecule has 0 saturated carbocycles. The van der Waals surface area contributed by atoms with Gasteiger partial charge in [0.15, 0.2) is 0 Å². The standard InChI is InChI=1S/C16H20O2Si.C9H14O2Si/c1-3-17-19(18-4-2,15-11-7-5-8-12-15)16-13-9-6-10-14-16;1-10-12(3,11-2)9-7-5-4-6-8-9/h5-14H,3-4H2,1-2H3;4-8H,1-3H3. The number of benzene rings is 3. The van der Waals surface area contributed by atoms with Gasteiger partial charge >= 0.3 is 17.1 Å². The second-order valence-electron chi connectivity index (χ2n) is 6.93. The average Bonchev–Trinajstić information content (AvgIpc) is 2.85. The molecule has 0 saturated heterocycles. The van der Waals surface area contributed by atoms with E-state index in [-0.39, 0.29) is 0 Å². The molecule has 0 heterocycles. The van der Waals surface area contributed by atoms with Crippen LogP contribution in [-0.2, 0) is 17.7 Å². The van der Waals surface area contributed by atoms with Crippen molar-refractivity contribution in [1.29, 1.82) is 0 Å². The van der Waals surface area contributed by atoms with Crippen LogP contribution in [0.4, 0.5) is 0 Å². The van der Waals surface area contributed by atoms with Crippen molar-refractivity contribution in [3.63, 3.8) is 0 Å². The van der Waals surface area contributed by atoms with Crippen molar-refractivity contribution in [2.75, 3.05) is 27.4 Å². The van der Waals surface area contributed by atoms with Gasteiger partial charge in [-0.2, -0.15) is 0 Å². The molecule has 4 nitrogen and oxygen atoms in total. The average molecular weight is 455 g/mol. The van der Waals surface area contributed by atoms with Crippen molar-refractivity contribution in [2.45, 2.75) is 20.4 Å². The molecule has 0 bridgehead atoms. The Labute approximate surface area is 189 Å². The predicted octanol–water partition coefficient (Wildman–Crippen LogP) is 3.57. The minimum Gasteiger partial charge on any atom is -0.394 e. The molecule has 3 aromatic rings. The van der Waals surface area contributed by atoms with Gasteiger partial charge in [-0.15, -0.1) is 0 Å². The smallest absolute Gasteiger partial charge is 0.394 e. The lowest BCUT2D eigenvalue weighted by Gasteiger charge is -2.30. The van der Waals surface area contributed by atoms with E-state index in [9.17, 15) is 0 Å². The van der Waals surface area contributed by atoms with Gasteiger partial charge in [0.2, 0.25) is 0 Å². The summed E-state index contributed by atoms with van der Waals surface area (Å²) < 4.78 is 23.1. The molecule has 166 valence electrons. The fourth-order valence-corrected chi connectivity index (χ4v) is 7.92. The molecule has 0 fully saturated rings. The molecule has 0 N–H and O–H groups in total. The van der Waals surface area contributed by atoms with Crippen LogP contribution >= 0.6 is 0 Å². The van der Waals surface area contributed by atoms with Gasteiger partial charge in [0.25, 0.3) is 0 Å². The van der Waals surface area contributed by atoms with Crippen molar-refractivity contribution in [3.05, 3.63) is 91.0 Å². The van der Waals surface area contributed by atoms with Crippen LogP contribution in [0.2, 0.25) is 6.55 Å². The van der Waals surface area contributed by atoms with Crippen molar-refractivity contribution >= 4 is 32.7 Å². The first-order valence-corrected chi connectivity index (χ1v) is 14.7. The zero-order valence-corrected chi connectivity index (χ0v) is 21.2. The third-order valence-corrected chi connectivity index (χ3v) is 11.6. The normalized spacial score (nSPS) is 11.5. The highest BCUT2D eigenvalue weighted by Gasteiger charge is 2.41. The summed E-state index contributed by atoms with van der Waals surface area (Å²) in [7, 11) is -1.23. The Morgan fingerprint density at radius 3 is 1.16 bits per heavy atom. The highest BCUT2D eigenvalue weighted by molar-refractivity contribution is 6.92. The molecule has 3 aromatic carbocycles. The summed E-state index contributed by atoms with van der Waals surface area (Å²) in [5, 5.41) is 3.48. The Morgan fingerprint density at radius 2 is 0.871 bits per heavy atom. The zero-order valence-electron chi connectivity index (χ0n) is 19.2. The van der Waals surface area contributed by atoms with Crippen molar-refractivity contribution in [2.24, 2.45) is 0 Å². The van der Waals surface area contributed by atoms with Gasteiger partial charge in [-0.25, -0.2) is 0 Å². The zero-order chi connectivity index (χ0) is 22.6.